The van der Waals surface area contributed by atoms with E-state index in [-0.39, 0.29) is 5.56 Å². The van der Waals surface area contributed by atoms with Crippen molar-refractivity contribution in [3.05, 3.63) is 47.0 Å². The van der Waals surface area contributed by atoms with Crippen LogP contribution in [0.3, 0.4) is 0 Å². The minimum atomic E-state index is -0.643. The Balaban J connectivity index is 1.96. The van der Waals surface area contributed by atoms with E-state index < -0.39 is 18.5 Å². The zero-order chi connectivity index (χ0) is 21.2. The van der Waals surface area contributed by atoms with Gasteiger partial charge >= 0.3 is 5.97 Å². The molecule has 7 nitrogen and oxygen atoms in total. The molecule has 2 aromatic rings. The molecule has 0 fully saturated rings. The Morgan fingerprint density at radius 1 is 1.00 bits per heavy atom. The molecule has 2 rings (SSSR count). The van der Waals surface area contributed by atoms with Gasteiger partial charge in [0.05, 0.1) is 30.9 Å². The summed E-state index contributed by atoms with van der Waals surface area (Å²) in [5.41, 5.74) is 0.727. The van der Waals surface area contributed by atoms with Gasteiger partial charge in [0.15, 0.2) is 18.1 Å². The van der Waals surface area contributed by atoms with Crippen LogP contribution < -0.4 is 19.5 Å². The first-order valence-electron chi connectivity index (χ1n) is 9.18. The van der Waals surface area contributed by atoms with Gasteiger partial charge in [-0.1, -0.05) is 18.5 Å². The molecule has 0 unspecified atom stereocenters. The third kappa shape index (κ3) is 6.57. The Bertz CT molecular complexity index is 855. The monoisotopic (exact) mass is 421 g/mol. The second kappa shape index (κ2) is 11.2. The fourth-order valence-electron chi connectivity index (χ4n) is 2.39. The number of anilines is 1. The molecule has 0 aliphatic carbocycles. The van der Waals surface area contributed by atoms with Crippen LogP contribution >= 0.6 is 11.6 Å². The molecular formula is C21H24ClNO6. The van der Waals surface area contributed by atoms with Crippen LogP contribution in [0.4, 0.5) is 5.69 Å². The Kier molecular flexibility index (Phi) is 8.61. The molecule has 0 heterocycles. The van der Waals surface area contributed by atoms with Gasteiger partial charge < -0.3 is 24.3 Å². The van der Waals surface area contributed by atoms with E-state index in [0.717, 1.165) is 6.42 Å². The molecule has 0 aliphatic rings. The maximum Gasteiger partial charge on any atom is 0.338 e. The first-order valence-corrected chi connectivity index (χ1v) is 9.56. The molecule has 0 bridgehead atoms. The van der Waals surface area contributed by atoms with Gasteiger partial charge in [-0.25, -0.2) is 4.79 Å². The van der Waals surface area contributed by atoms with Crippen molar-refractivity contribution in [3.63, 3.8) is 0 Å². The number of hydrogen-bond donors (Lipinski definition) is 1. The number of halogens is 1. The molecule has 1 N–H and O–H groups in total. The lowest BCUT2D eigenvalue weighted by atomic mass is 10.2. The first kappa shape index (κ1) is 22.4. The molecule has 0 saturated heterocycles. The summed E-state index contributed by atoms with van der Waals surface area (Å²) in [6, 6.07) is 9.56. The third-order valence-corrected chi connectivity index (χ3v) is 4.01. The summed E-state index contributed by atoms with van der Waals surface area (Å²) in [6.07, 6.45) is 0.851. The molecule has 0 atom stereocenters. The van der Waals surface area contributed by atoms with E-state index in [2.05, 4.69) is 5.32 Å². The first-order chi connectivity index (χ1) is 14.0. The summed E-state index contributed by atoms with van der Waals surface area (Å²) in [7, 11) is 1.50. The number of methoxy groups -OCH3 is 1. The van der Waals surface area contributed by atoms with E-state index in [1.807, 2.05) is 13.8 Å². The van der Waals surface area contributed by atoms with Crippen LogP contribution in [0.5, 0.6) is 17.2 Å². The Hall–Kier alpha value is -2.93. The van der Waals surface area contributed by atoms with Gasteiger partial charge in [-0.15, -0.1) is 0 Å². The van der Waals surface area contributed by atoms with E-state index in [1.54, 1.807) is 30.3 Å². The molecule has 2 aromatic carbocycles. The summed E-state index contributed by atoms with van der Waals surface area (Å²) in [5, 5.41) is 2.96. The van der Waals surface area contributed by atoms with Gasteiger partial charge in [0.1, 0.15) is 5.75 Å². The predicted octanol–water partition coefficient (Wildman–Crippen LogP) is 4.33. The highest BCUT2D eigenvalue weighted by molar-refractivity contribution is 6.32. The number of amides is 1. The molecule has 29 heavy (non-hydrogen) atoms. The quantitative estimate of drug-likeness (QED) is 0.575. The Morgan fingerprint density at radius 2 is 1.76 bits per heavy atom. The standard InChI is InChI=1S/C21H24ClNO6/c1-4-10-28-18-8-6-14(11-19(18)27-5-2)21(25)29-13-20(24)23-15-7-9-17(26-3)16(22)12-15/h6-9,11-12H,4-5,10,13H2,1-3H3,(H,23,24). The van der Waals surface area contributed by atoms with Crippen molar-refractivity contribution < 1.29 is 28.5 Å². The van der Waals surface area contributed by atoms with Crippen molar-refractivity contribution in [1.29, 1.82) is 0 Å². The molecule has 8 heteroatoms. The fraction of sp³-hybridized carbons (Fsp3) is 0.333. The average molecular weight is 422 g/mol. The molecule has 156 valence electrons. The van der Waals surface area contributed by atoms with Crippen LogP contribution in [0, 0.1) is 0 Å². The van der Waals surface area contributed by atoms with Crippen LogP contribution in [-0.4, -0.2) is 38.8 Å². The van der Waals surface area contributed by atoms with Gasteiger partial charge in [-0.2, -0.15) is 0 Å². The number of carbonyl (C=O) groups excluding carboxylic acids is 2. The van der Waals surface area contributed by atoms with Crippen LogP contribution in [0.1, 0.15) is 30.6 Å². The maximum absolute atomic E-state index is 12.3. The Labute approximate surface area is 174 Å². The minimum Gasteiger partial charge on any atom is -0.495 e. The largest absolute Gasteiger partial charge is 0.495 e. The summed E-state index contributed by atoms with van der Waals surface area (Å²) >= 11 is 6.02. The number of benzene rings is 2. The van der Waals surface area contributed by atoms with Gasteiger partial charge in [0.25, 0.3) is 5.91 Å². The summed E-state index contributed by atoms with van der Waals surface area (Å²) in [5.74, 6) is 0.364. The number of carbonyl (C=O) groups is 2. The van der Waals surface area contributed by atoms with E-state index in [9.17, 15) is 9.59 Å². The normalized spacial score (nSPS) is 10.2. The van der Waals surface area contributed by atoms with Gasteiger partial charge in [0.2, 0.25) is 0 Å². The predicted molar refractivity (Wildman–Crippen MR) is 110 cm³/mol. The fourth-order valence-corrected chi connectivity index (χ4v) is 2.65. The molecule has 0 aromatic heterocycles. The lowest BCUT2D eigenvalue weighted by molar-refractivity contribution is -0.119. The number of hydrogen-bond acceptors (Lipinski definition) is 6. The zero-order valence-corrected chi connectivity index (χ0v) is 17.4. The number of esters is 1. The van der Waals surface area contributed by atoms with Crippen LogP contribution in [0.25, 0.3) is 0 Å². The SMILES string of the molecule is CCCOc1ccc(C(=O)OCC(=O)Nc2ccc(OC)c(Cl)c2)cc1OCC. The molecule has 0 spiro atoms. The van der Waals surface area contributed by atoms with Crippen molar-refractivity contribution in [2.75, 3.05) is 32.2 Å². The Morgan fingerprint density at radius 3 is 2.41 bits per heavy atom. The second-order valence-corrected chi connectivity index (χ2v) is 6.32. The van der Waals surface area contributed by atoms with Crippen molar-refractivity contribution in [3.8, 4) is 17.2 Å². The highest BCUT2D eigenvalue weighted by Gasteiger charge is 2.15. The topological polar surface area (TPSA) is 83.1 Å². The molecule has 0 aliphatic heterocycles. The summed E-state index contributed by atoms with van der Waals surface area (Å²) in [6.45, 7) is 4.36. The van der Waals surface area contributed by atoms with Crippen molar-refractivity contribution in [2.24, 2.45) is 0 Å². The highest BCUT2D eigenvalue weighted by atomic mass is 35.5. The molecular weight excluding hydrogens is 398 g/mol. The van der Waals surface area contributed by atoms with E-state index in [1.165, 1.54) is 13.2 Å². The summed E-state index contributed by atoms with van der Waals surface area (Å²) < 4.78 is 21.3. The van der Waals surface area contributed by atoms with E-state index in [0.29, 0.717) is 41.2 Å². The smallest absolute Gasteiger partial charge is 0.338 e. The lowest BCUT2D eigenvalue weighted by Crippen LogP contribution is -2.21. The molecule has 0 saturated carbocycles. The van der Waals surface area contributed by atoms with Crippen LogP contribution in [-0.2, 0) is 9.53 Å². The average Bonchev–Trinajstić information content (AvgIpc) is 2.71. The van der Waals surface area contributed by atoms with Gasteiger partial charge in [-0.05, 0) is 49.7 Å². The summed E-state index contributed by atoms with van der Waals surface area (Å²) in [4.78, 5) is 24.3. The third-order valence-electron chi connectivity index (χ3n) is 3.71. The van der Waals surface area contributed by atoms with Crippen LogP contribution in [0.2, 0.25) is 5.02 Å². The van der Waals surface area contributed by atoms with Gasteiger partial charge in [0, 0.05) is 5.69 Å². The van der Waals surface area contributed by atoms with Crippen molar-refractivity contribution in [2.45, 2.75) is 20.3 Å². The zero-order valence-electron chi connectivity index (χ0n) is 16.6. The number of rotatable bonds is 10. The second-order valence-electron chi connectivity index (χ2n) is 5.92. The van der Waals surface area contributed by atoms with E-state index in [4.69, 9.17) is 30.5 Å². The van der Waals surface area contributed by atoms with Gasteiger partial charge in [-0.3, -0.25) is 4.79 Å². The highest BCUT2D eigenvalue weighted by Crippen LogP contribution is 2.29. The molecule has 1 amide bonds. The molecule has 0 radical (unpaired) electrons. The maximum atomic E-state index is 12.3. The van der Waals surface area contributed by atoms with Crippen LogP contribution in [0.15, 0.2) is 36.4 Å². The van der Waals surface area contributed by atoms with Crippen molar-refractivity contribution >= 4 is 29.2 Å². The van der Waals surface area contributed by atoms with Crippen molar-refractivity contribution in [1.82, 2.24) is 0 Å². The lowest BCUT2D eigenvalue weighted by Gasteiger charge is -2.13. The number of ether oxygens (including phenoxy) is 4. The number of nitrogens with one attached hydrogen (secondary N) is 1. The minimum absolute atomic E-state index is 0.262. The van der Waals surface area contributed by atoms with E-state index >= 15 is 0 Å².